The number of rotatable bonds is 1. The number of imide groups is 1. The van der Waals surface area contributed by atoms with Crippen molar-refractivity contribution in [2.24, 2.45) is 0 Å². The summed E-state index contributed by atoms with van der Waals surface area (Å²) in [6, 6.07) is 7.13. The first-order valence-corrected chi connectivity index (χ1v) is 6.03. The van der Waals surface area contributed by atoms with Gasteiger partial charge in [-0.25, -0.2) is 14.5 Å². The Labute approximate surface area is 119 Å². The number of allylic oxidation sites excluding steroid dienone is 1. The highest BCUT2D eigenvalue weighted by atomic mass is 35.5. The van der Waals surface area contributed by atoms with Crippen LogP contribution in [0.25, 0.3) is 0 Å². The summed E-state index contributed by atoms with van der Waals surface area (Å²) in [6.07, 6.45) is -1.43. The largest absolute Gasteiger partial charge is 0.464 e. The summed E-state index contributed by atoms with van der Waals surface area (Å²) in [6.45, 7) is 1.42. The van der Waals surface area contributed by atoms with E-state index < -0.39 is 18.2 Å². The molecule has 1 heterocycles. The number of hydrogen-bond donors (Lipinski definition) is 2. The van der Waals surface area contributed by atoms with E-state index in [0.29, 0.717) is 15.5 Å². The second kappa shape index (κ2) is 5.23. The number of carbonyl (C=O) groups excluding carboxylic acids is 1. The molecule has 6 nitrogen and oxygen atoms in total. The van der Waals surface area contributed by atoms with Crippen LogP contribution in [0.2, 0.25) is 5.02 Å². The molecule has 1 aliphatic rings. The molecular formula is C13H10ClN3O3. The maximum absolute atomic E-state index is 11.8. The average molecular weight is 292 g/mol. The number of nitriles is 1. The quantitative estimate of drug-likeness (QED) is 0.832. The standard InChI is InChI=1S/C13H10ClN3O3/c1-7-10(6-15)11(8-3-2-4-9(14)5-8)16-12(18)17(7)13(19)20/h2-5,11H,1H3,(H,16,18)(H,19,20). The first kappa shape index (κ1) is 13.9. The summed E-state index contributed by atoms with van der Waals surface area (Å²) in [5.74, 6) is 0. The predicted molar refractivity (Wildman–Crippen MR) is 70.9 cm³/mol. The second-order valence-corrected chi connectivity index (χ2v) is 4.60. The lowest BCUT2D eigenvalue weighted by atomic mass is 9.96. The minimum atomic E-state index is -1.43. The summed E-state index contributed by atoms with van der Waals surface area (Å²) >= 11 is 5.89. The van der Waals surface area contributed by atoms with Crippen LogP contribution in [-0.4, -0.2) is 22.1 Å². The maximum Gasteiger partial charge on any atom is 0.419 e. The van der Waals surface area contributed by atoms with Gasteiger partial charge in [0.2, 0.25) is 0 Å². The van der Waals surface area contributed by atoms with E-state index in [9.17, 15) is 14.9 Å². The van der Waals surface area contributed by atoms with E-state index in [2.05, 4.69) is 5.32 Å². The molecule has 0 bridgehead atoms. The molecular weight excluding hydrogens is 282 g/mol. The van der Waals surface area contributed by atoms with Gasteiger partial charge in [-0.05, 0) is 24.6 Å². The fourth-order valence-electron chi connectivity index (χ4n) is 2.05. The minimum absolute atomic E-state index is 0.0914. The van der Waals surface area contributed by atoms with Crippen molar-refractivity contribution in [1.29, 1.82) is 5.26 Å². The van der Waals surface area contributed by atoms with E-state index in [4.69, 9.17) is 16.7 Å². The van der Waals surface area contributed by atoms with Gasteiger partial charge in [0, 0.05) is 10.7 Å². The van der Waals surface area contributed by atoms with Crippen LogP contribution in [-0.2, 0) is 0 Å². The number of nitrogens with zero attached hydrogens (tertiary/aromatic N) is 2. The molecule has 1 unspecified atom stereocenters. The molecule has 0 saturated carbocycles. The van der Waals surface area contributed by atoms with E-state index >= 15 is 0 Å². The first-order valence-electron chi connectivity index (χ1n) is 5.65. The SMILES string of the molecule is CC1=C(C#N)C(c2cccc(Cl)c2)NC(=O)N1C(=O)O. The van der Waals surface area contributed by atoms with E-state index in [0.717, 1.165) is 0 Å². The molecule has 7 heteroatoms. The summed E-state index contributed by atoms with van der Waals surface area (Å²) in [5.41, 5.74) is 0.870. The number of nitrogens with one attached hydrogen (secondary N) is 1. The second-order valence-electron chi connectivity index (χ2n) is 4.17. The third-order valence-electron chi connectivity index (χ3n) is 2.98. The van der Waals surface area contributed by atoms with Gasteiger partial charge < -0.3 is 10.4 Å². The van der Waals surface area contributed by atoms with Gasteiger partial charge in [-0.2, -0.15) is 5.26 Å². The van der Waals surface area contributed by atoms with Crippen LogP contribution >= 0.6 is 11.6 Å². The lowest BCUT2D eigenvalue weighted by Gasteiger charge is -2.30. The third-order valence-corrected chi connectivity index (χ3v) is 3.21. The normalized spacial score (nSPS) is 18.6. The Morgan fingerprint density at radius 1 is 1.55 bits per heavy atom. The number of halogens is 1. The van der Waals surface area contributed by atoms with Gasteiger partial charge >= 0.3 is 12.1 Å². The van der Waals surface area contributed by atoms with Crippen molar-refractivity contribution in [3.8, 4) is 6.07 Å². The highest BCUT2D eigenvalue weighted by Crippen LogP contribution is 2.30. The van der Waals surface area contributed by atoms with E-state index in [-0.39, 0.29) is 11.3 Å². The molecule has 0 radical (unpaired) electrons. The van der Waals surface area contributed by atoms with Crippen molar-refractivity contribution >= 4 is 23.7 Å². The molecule has 2 N–H and O–H groups in total. The number of urea groups is 1. The van der Waals surface area contributed by atoms with Crippen LogP contribution in [0.1, 0.15) is 18.5 Å². The van der Waals surface area contributed by atoms with Gasteiger partial charge in [-0.15, -0.1) is 0 Å². The Kier molecular flexibility index (Phi) is 3.63. The van der Waals surface area contributed by atoms with Crippen LogP contribution in [0.4, 0.5) is 9.59 Å². The highest BCUT2D eigenvalue weighted by Gasteiger charge is 2.35. The first-order chi connectivity index (χ1) is 9.45. The van der Waals surface area contributed by atoms with E-state index in [1.807, 2.05) is 6.07 Å². The number of carboxylic acid groups (broad SMARTS) is 1. The topological polar surface area (TPSA) is 93.4 Å². The molecule has 0 aromatic heterocycles. The van der Waals surface area contributed by atoms with E-state index in [1.54, 1.807) is 24.3 Å². The van der Waals surface area contributed by atoms with E-state index in [1.165, 1.54) is 6.92 Å². The average Bonchev–Trinajstić information content (AvgIpc) is 2.37. The molecule has 0 saturated heterocycles. The lowest BCUT2D eigenvalue weighted by molar-refractivity contribution is 0.155. The summed E-state index contributed by atoms with van der Waals surface area (Å²) in [7, 11) is 0. The fraction of sp³-hybridized carbons (Fsp3) is 0.154. The number of benzene rings is 1. The third kappa shape index (κ3) is 2.31. The van der Waals surface area contributed by atoms with Crippen molar-refractivity contribution < 1.29 is 14.7 Å². The van der Waals surface area contributed by atoms with Crippen LogP contribution < -0.4 is 5.32 Å². The summed E-state index contributed by atoms with van der Waals surface area (Å²) < 4.78 is 0. The van der Waals surface area contributed by atoms with Crippen LogP contribution in [0.3, 0.4) is 0 Å². The molecule has 0 fully saturated rings. The van der Waals surface area contributed by atoms with Crippen LogP contribution in [0.5, 0.6) is 0 Å². The molecule has 0 spiro atoms. The van der Waals surface area contributed by atoms with Crippen molar-refractivity contribution in [2.75, 3.05) is 0 Å². The molecule has 1 aromatic carbocycles. The Bertz CT molecular complexity index is 663. The molecule has 20 heavy (non-hydrogen) atoms. The number of hydrogen-bond acceptors (Lipinski definition) is 3. The van der Waals surface area contributed by atoms with Gasteiger partial charge in [-0.1, -0.05) is 23.7 Å². The maximum atomic E-state index is 11.8. The van der Waals surface area contributed by atoms with Crippen molar-refractivity contribution in [3.63, 3.8) is 0 Å². The van der Waals surface area contributed by atoms with Gasteiger partial charge in [0.1, 0.15) is 0 Å². The predicted octanol–water partition coefficient (Wildman–Crippen LogP) is 2.88. The highest BCUT2D eigenvalue weighted by molar-refractivity contribution is 6.30. The van der Waals surface area contributed by atoms with Gasteiger partial charge in [-0.3, -0.25) is 0 Å². The molecule has 102 valence electrons. The Balaban J connectivity index is 2.54. The van der Waals surface area contributed by atoms with Crippen molar-refractivity contribution in [1.82, 2.24) is 10.2 Å². The van der Waals surface area contributed by atoms with Crippen LogP contribution in [0.15, 0.2) is 35.5 Å². The Morgan fingerprint density at radius 2 is 2.25 bits per heavy atom. The van der Waals surface area contributed by atoms with Crippen LogP contribution in [0, 0.1) is 11.3 Å². The molecule has 1 aliphatic heterocycles. The smallest absolute Gasteiger partial charge is 0.419 e. The number of carbonyl (C=O) groups is 2. The molecule has 3 amide bonds. The zero-order valence-electron chi connectivity index (χ0n) is 10.4. The van der Waals surface area contributed by atoms with Crippen molar-refractivity contribution in [3.05, 3.63) is 46.1 Å². The summed E-state index contributed by atoms with van der Waals surface area (Å²) in [5, 5.41) is 21.2. The lowest BCUT2D eigenvalue weighted by Crippen LogP contribution is -2.48. The number of amides is 3. The minimum Gasteiger partial charge on any atom is -0.464 e. The molecule has 1 aromatic rings. The zero-order valence-corrected chi connectivity index (χ0v) is 11.2. The van der Waals surface area contributed by atoms with Gasteiger partial charge in [0.25, 0.3) is 0 Å². The molecule has 2 rings (SSSR count). The Hall–Kier alpha value is -2.52. The fourth-order valence-corrected chi connectivity index (χ4v) is 2.25. The Morgan fingerprint density at radius 3 is 2.80 bits per heavy atom. The monoisotopic (exact) mass is 291 g/mol. The summed E-state index contributed by atoms with van der Waals surface area (Å²) in [4.78, 5) is 23.4. The van der Waals surface area contributed by atoms with Crippen molar-refractivity contribution in [2.45, 2.75) is 13.0 Å². The molecule has 0 aliphatic carbocycles. The van der Waals surface area contributed by atoms with Gasteiger partial charge in [0.05, 0.1) is 17.7 Å². The molecule has 1 atom stereocenters. The zero-order chi connectivity index (χ0) is 14.9. The van der Waals surface area contributed by atoms with Gasteiger partial charge in [0.15, 0.2) is 0 Å².